The lowest BCUT2D eigenvalue weighted by atomic mass is 10.1. The lowest BCUT2D eigenvalue weighted by Crippen LogP contribution is -2.34. The highest BCUT2D eigenvalue weighted by atomic mass is 15.0. The van der Waals surface area contributed by atoms with E-state index < -0.39 is 0 Å². The van der Waals surface area contributed by atoms with Crippen molar-refractivity contribution in [2.24, 2.45) is 5.92 Å². The third-order valence-corrected chi connectivity index (χ3v) is 2.60. The molecular formula is C11H26N2. The Bertz CT molecular complexity index is 92.3. The van der Waals surface area contributed by atoms with Crippen molar-refractivity contribution in [2.45, 2.75) is 46.6 Å². The Morgan fingerprint density at radius 2 is 1.69 bits per heavy atom. The largest absolute Gasteiger partial charge is 0.315 e. The summed E-state index contributed by atoms with van der Waals surface area (Å²) in [5.74, 6) is 0.809. The van der Waals surface area contributed by atoms with Crippen molar-refractivity contribution in [2.75, 3.05) is 19.6 Å². The molecule has 0 radical (unpaired) electrons. The Morgan fingerprint density at radius 1 is 1.00 bits per heavy atom. The zero-order valence-electron chi connectivity index (χ0n) is 9.69. The maximum atomic E-state index is 3.46. The van der Waals surface area contributed by atoms with E-state index in [1.807, 2.05) is 0 Å². The molecule has 0 amide bonds. The quantitative estimate of drug-likeness (QED) is 0.567. The van der Waals surface area contributed by atoms with E-state index in [-0.39, 0.29) is 0 Å². The SMILES string of the molecule is CCC(C)CNCCNC(C)CC. The van der Waals surface area contributed by atoms with Crippen molar-refractivity contribution >= 4 is 0 Å². The van der Waals surface area contributed by atoms with E-state index in [4.69, 9.17) is 0 Å². The molecule has 2 heteroatoms. The second kappa shape index (κ2) is 8.52. The topological polar surface area (TPSA) is 24.1 Å². The molecule has 0 aliphatic rings. The van der Waals surface area contributed by atoms with Gasteiger partial charge < -0.3 is 10.6 Å². The normalized spacial score (nSPS) is 15.7. The Morgan fingerprint density at radius 3 is 2.23 bits per heavy atom. The van der Waals surface area contributed by atoms with Crippen LogP contribution >= 0.6 is 0 Å². The smallest absolute Gasteiger partial charge is 0.00792 e. The van der Waals surface area contributed by atoms with Gasteiger partial charge in [0.1, 0.15) is 0 Å². The van der Waals surface area contributed by atoms with Gasteiger partial charge in [0, 0.05) is 19.1 Å². The van der Waals surface area contributed by atoms with Crippen LogP contribution in [0.25, 0.3) is 0 Å². The Kier molecular flexibility index (Phi) is 8.46. The molecule has 0 aromatic rings. The van der Waals surface area contributed by atoms with Gasteiger partial charge in [-0.05, 0) is 25.8 Å². The van der Waals surface area contributed by atoms with Gasteiger partial charge in [0.15, 0.2) is 0 Å². The van der Waals surface area contributed by atoms with Crippen molar-refractivity contribution in [3.05, 3.63) is 0 Å². The predicted molar refractivity (Wildman–Crippen MR) is 60.1 cm³/mol. The summed E-state index contributed by atoms with van der Waals surface area (Å²) in [6.45, 7) is 12.3. The highest BCUT2D eigenvalue weighted by molar-refractivity contribution is 4.60. The highest BCUT2D eigenvalue weighted by Crippen LogP contribution is 1.96. The zero-order valence-corrected chi connectivity index (χ0v) is 9.69. The van der Waals surface area contributed by atoms with Crippen LogP contribution in [0.4, 0.5) is 0 Å². The van der Waals surface area contributed by atoms with Crippen molar-refractivity contribution in [1.29, 1.82) is 0 Å². The van der Waals surface area contributed by atoms with Crippen LogP contribution < -0.4 is 10.6 Å². The summed E-state index contributed by atoms with van der Waals surface area (Å²) in [5.41, 5.74) is 0. The third kappa shape index (κ3) is 8.26. The number of hydrogen-bond acceptors (Lipinski definition) is 2. The molecule has 2 N–H and O–H groups in total. The molecule has 0 saturated carbocycles. The second-order valence-corrected chi connectivity index (χ2v) is 3.98. The average molecular weight is 186 g/mol. The molecule has 2 nitrogen and oxygen atoms in total. The van der Waals surface area contributed by atoms with Gasteiger partial charge in [0.2, 0.25) is 0 Å². The molecule has 0 spiro atoms. The van der Waals surface area contributed by atoms with Crippen molar-refractivity contribution in [1.82, 2.24) is 10.6 Å². The summed E-state index contributed by atoms with van der Waals surface area (Å²) >= 11 is 0. The molecule has 0 fully saturated rings. The van der Waals surface area contributed by atoms with E-state index in [1.54, 1.807) is 0 Å². The average Bonchev–Trinajstić information content (AvgIpc) is 2.16. The van der Waals surface area contributed by atoms with Gasteiger partial charge in [-0.15, -0.1) is 0 Å². The molecule has 0 rings (SSSR count). The fraction of sp³-hybridized carbons (Fsp3) is 1.00. The van der Waals surface area contributed by atoms with Crippen molar-refractivity contribution in [3.63, 3.8) is 0 Å². The maximum Gasteiger partial charge on any atom is 0.00792 e. The van der Waals surface area contributed by atoms with Gasteiger partial charge in [-0.2, -0.15) is 0 Å². The molecule has 0 bridgehead atoms. The first-order valence-corrected chi connectivity index (χ1v) is 5.64. The zero-order chi connectivity index (χ0) is 10.1. The lowest BCUT2D eigenvalue weighted by molar-refractivity contribution is 0.473. The predicted octanol–water partition coefficient (Wildman–Crippen LogP) is 2.01. The first-order chi connectivity index (χ1) is 6.20. The van der Waals surface area contributed by atoms with E-state index in [0.29, 0.717) is 6.04 Å². The van der Waals surface area contributed by atoms with Crippen LogP contribution in [0, 0.1) is 5.92 Å². The van der Waals surface area contributed by atoms with E-state index in [1.165, 1.54) is 12.8 Å². The van der Waals surface area contributed by atoms with Crippen LogP contribution in [0.1, 0.15) is 40.5 Å². The highest BCUT2D eigenvalue weighted by Gasteiger charge is 1.98. The van der Waals surface area contributed by atoms with Crippen LogP contribution in [0.2, 0.25) is 0 Å². The molecule has 0 aliphatic carbocycles. The minimum absolute atomic E-state index is 0.658. The fourth-order valence-corrected chi connectivity index (χ4v) is 1.04. The van der Waals surface area contributed by atoms with E-state index in [0.717, 1.165) is 25.6 Å². The van der Waals surface area contributed by atoms with Crippen molar-refractivity contribution in [3.8, 4) is 0 Å². The first-order valence-electron chi connectivity index (χ1n) is 5.64. The van der Waals surface area contributed by atoms with E-state index >= 15 is 0 Å². The number of rotatable bonds is 8. The summed E-state index contributed by atoms with van der Waals surface area (Å²) in [7, 11) is 0. The summed E-state index contributed by atoms with van der Waals surface area (Å²) in [6, 6.07) is 0.658. The molecule has 0 saturated heterocycles. The van der Waals surface area contributed by atoms with E-state index in [2.05, 4.69) is 38.3 Å². The first kappa shape index (κ1) is 12.9. The van der Waals surface area contributed by atoms with Crippen LogP contribution in [-0.2, 0) is 0 Å². The maximum absolute atomic E-state index is 3.46. The minimum atomic E-state index is 0.658. The number of hydrogen-bond donors (Lipinski definition) is 2. The molecule has 80 valence electrons. The van der Waals surface area contributed by atoms with Crippen LogP contribution in [0.3, 0.4) is 0 Å². The second-order valence-electron chi connectivity index (χ2n) is 3.98. The van der Waals surface area contributed by atoms with Gasteiger partial charge in [-0.25, -0.2) is 0 Å². The molecule has 0 aromatic carbocycles. The van der Waals surface area contributed by atoms with Gasteiger partial charge in [0.25, 0.3) is 0 Å². The van der Waals surface area contributed by atoms with Gasteiger partial charge in [-0.3, -0.25) is 0 Å². The summed E-state index contributed by atoms with van der Waals surface area (Å²) < 4.78 is 0. The molecule has 2 unspecified atom stereocenters. The Balaban J connectivity index is 3.08. The standard InChI is InChI=1S/C11H26N2/c1-5-10(3)9-12-7-8-13-11(4)6-2/h10-13H,5-9H2,1-4H3. The summed E-state index contributed by atoms with van der Waals surface area (Å²) in [4.78, 5) is 0. The number of nitrogens with one attached hydrogen (secondary N) is 2. The fourth-order valence-electron chi connectivity index (χ4n) is 1.04. The summed E-state index contributed by atoms with van der Waals surface area (Å²) in [5, 5.41) is 6.91. The molecule has 13 heavy (non-hydrogen) atoms. The molecule has 2 atom stereocenters. The van der Waals surface area contributed by atoms with E-state index in [9.17, 15) is 0 Å². The van der Waals surface area contributed by atoms with Crippen molar-refractivity contribution < 1.29 is 0 Å². The third-order valence-electron chi connectivity index (χ3n) is 2.60. The Labute approximate surface area is 83.5 Å². The minimum Gasteiger partial charge on any atom is -0.315 e. The Hall–Kier alpha value is -0.0800. The molecule has 0 aromatic heterocycles. The van der Waals surface area contributed by atoms with Gasteiger partial charge >= 0.3 is 0 Å². The van der Waals surface area contributed by atoms with Crippen LogP contribution in [-0.4, -0.2) is 25.7 Å². The van der Waals surface area contributed by atoms with Crippen LogP contribution in [0.5, 0.6) is 0 Å². The van der Waals surface area contributed by atoms with Crippen LogP contribution in [0.15, 0.2) is 0 Å². The van der Waals surface area contributed by atoms with Gasteiger partial charge in [-0.1, -0.05) is 27.2 Å². The monoisotopic (exact) mass is 186 g/mol. The molecule has 0 heterocycles. The summed E-state index contributed by atoms with van der Waals surface area (Å²) in [6.07, 6.45) is 2.48. The lowest BCUT2D eigenvalue weighted by Gasteiger charge is -2.13. The molecular weight excluding hydrogens is 160 g/mol. The van der Waals surface area contributed by atoms with Gasteiger partial charge in [0.05, 0.1) is 0 Å². The molecule has 0 aliphatic heterocycles.